The van der Waals surface area contributed by atoms with Gasteiger partial charge in [0.2, 0.25) is 5.69 Å². The summed E-state index contributed by atoms with van der Waals surface area (Å²) < 4.78 is 4.45. The largest absolute Gasteiger partial charge is 0.338 e. The molecule has 4 nitrogen and oxygen atoms in total. The molecule has 0 N–H and O–H groups in total. The van der Waals surface area contributed by atoms with Crippen molar-refractivity contribution in [3.05, 3.63) is 128 Å². The van der Waals surface area contributed by atoms with Crippen molar-refractivity contribution in [2.45, 2.75) is 19.4 Å². The quantitative estimate of drug-likeness (QED) is 0.185. The second kappa shape index (κ2) is 10.3. The molecule has 0 saturated heterocycles. The molecule has 6 rings (SSSR count). The number of benzene rings is 3. The van der Waals surface area contributed by atoms with Gasteiger partial charge in [-0.2, -0.15) is 0 Å². The van der Waals surface area contributed by atoms with E-state index in [2.05, 4.69) is 154 Å². The monoisotopic (exact) mass is 484 g/mol. The third kappa shape index (κ3) is 4.58. The third-order valence-electron chi connectivity index (χ3n) is 7.13. The average Bonchev–Trinajstić information content (AvgIpc) is 2.96. The number of hydrogen-bond acceptors (Lipinski definition) is 2. The molecule has 37 heavy (non-hydrogen) atoms. The van der Waals surface area contributed by atoms with Gasteiger partial charge in [0, 0.05) is 42.9 Å². The summed E-state index contributed by atoms with van der Waals surface area (Å²) in [5.41, 5.74) is 8.63. The van der Waals surface area contributed by atoms with E-state index in [4.69, 9.17) is 0 Å². The van der Waals surface area contributed by atoms with Crippen LogP contribution in [0.1, 0.15) is 12.8 Å². The first-order chi connectivity index (χ1) is 18.3. The van der Waals surface area contributed by atoms with Crippen molar-refractivity contribution in [3.8, 4) is 11.3 Å². The molecule has 0 atom stereocenters. The Labute approximate surface area is 219 Å². The van der Waals surface area contributed by atoms with Crippen molar-refractivity contribution >= 4 is 28.4 Å². The molecule has 0 amide bonds. The molecular weight excluding hydrogens is 452 g/mol. The molecule has 4 heteroatoms. The molecular formula is C33H32N4+2. The predicted octanol–water partition coefficient (Wildman–Crippen LogP) is 6.87. The maximum atomic E-state index is 2.49. The van der Waals surface area contributed by atoms with Gasteiger partial charge in [0.05, 0.1) is 28.3 Å². The Kier molecular flexibility index (Phi) is 6.38. The minimum absolute atomic E-state index is 0.981. The van der Waals surface area contributed by atoms with Gasteiger partial charge >= 0.3 is 0 Å². The first kappa shape index (κ1) is 23.0. The van der Waals surface area contributed by atoms with Crippen LogP contribution >= 0.6 is 0 Å². The van der Waals surface area contributed by atoms with Crippen molar-refractivity contribution in [3.63, 3.8) is 0 Å². The van der Waals surface area contributed by atoms with Gasteiger partial charge in [0.15, 0.2) is 18.6 Å². The van der Waals surface area contributed by atoms with E-state index in [0.717, 1.165) is 25.9 Å². The lowest BCUT2D eigenvalue weighted by Gasteiger charge is -2.40. The standard InChI is InChI=1S/C33H32N4/c1-34-22-10-9-15-29(34)27-20-25-35(26-21-27)23-11-12-24-36-30-16-5-7-18-32(30)37(28-13-3-2-4-14-28)33-19-8-6-17-31(33)36/h2-10,13-22,25-26H,11-12,23-24H2,1H3/q+2. The van der Waals surface area contributed by atoms with Crippen molar-refractivity contribution < 1.29 is 9.13 Å². The van der Waals surface area contributed by atoms with Crippen molar-refractivity contribution in [1.82, 2.24) is 0 Å². The van der Waals surface area contributed by atoms with Crippen LogP contribution in [-0.4, -0.2) is 6.54 Å². The summed E-state index contributed by atoms with van der Waals surface area (Å²) in [7, 11) is 2.09. The molecule has 0 fully saturated rings. The minimum atomic E-state index is 0.981. The van der Waals surface area contributed by atoms with Crippen LogP contribution < -0.4 is 18.9 Å². The fourth-order valence-electron chi connectivity index (χ4n) is 5.28. The van der Waals surface area contributed by atoms with E-state index >= 15 is 0 Å². The fourth-order valence-corrected chi connectivity index (χ4v) is 5.28. The number of aryl methyl sites for hydroxylation is 2. The highest BCUT2D eigenvalue weighted by atomic mass is 15.3. The zero-order chi connectivity index (χ0) is 25.0. The third-order valence-corrected chi connectivity index (χ3v) is 7.13. The SMILES string of the molecule is C[n+]1ccccc1-c1cc[n+](CCCCN2c3ccccc3N(c3ccccc3)c3ccccc32)cc1. The zero-order valence-electron chi connectivity index (χ0n) is 21.2. The fraction of sp³-hybridized carbons (Fsp3) is 0.152. The lowest BCUT2D eigenvalue weighted by molar-refractivity contribution is -0.697. The van der Waals surface area contributed by atoms with Crippen molar-refractivity contribution in [2.75, 3.05) is 16.3 Å². The highest BCUT2D eigenvalue weighted by molar-refractivity contribution is 5.97. The van der Waals surface area contributed by atoms with E-state index in [1.807, 2.05) is 0 Å². The number of unbranched alkanes of at least 4 members (excludes halogenated alkanes) is 1. The summed E-state index contributed by atoms with van der Waals surface area (Å²) in [4.78, 5) is 4.87. The van der Waals surface area contributed by atoms with E-state index in [1.54, 1.807) is 0 Å². The van der Waals surface area contributed by atoms with Gasteiger partial charge < -0.3 is 9.80 Å². The van der Waals surface area contributed by atoms with Crippen molar-refractivity contribution in [2.24, 2.45) is 7.05 Å². The Morgan fingerprint density at radius 3 is 1.81 bits per heavy atom. The number of para-hydroxylation sites is 5. The summed E-state index contributed by atoms with van der Waals surface area (Å²) >= 11 is 0. The lowest BCUT2D eigenvalue weighted by Crippen LogP contribution is -2.34. The minimum Gasteiger partial charge on any atom is -0.338 e. The van der Waals surface area contributed by atoms with Crippen LogP contribution in [0, 0.1) is 0 Å². The molecule has 182 valence electrons. The molecule has 3 heterocycles. The first-order valence-electron chi connectivity index (χ1n) is 13.0. The van der Waals surface area contributed by atoms with E-state index in [1.165, 1.54) is 39.7 Å². The average molecular weight is 485 g/mol. The van der Waals surface area contributed by atoms with Crippen LogP contribution in [0.25, 0.3) is 11.3 Å². The summed E-state index contributed by atoms with van der Waals surface area (Å²) in [6.07, 6.45) is 8.71. The van der Waals surface area contributed by atoms with Crippen LogP contribution in [0.4, 0.5) is 28.4 Å². The number of fused-ring (bicyclic) bond motifs is 2. The van der Waals surface area contributed by atoms with Crippen molar-refractivity contribution in [1.29, 1.82) is 0 Å². The van der Waals surface area contributed by atoms with Crippen LogP contribution in [0.5, 0.6) is 0 Å². The van der Waals surface area contributed by atoms with Crippen LogP contribution in [0.2, 0.25) is 0 Å². The maximum absolute atomic E-state index is 2.49. The van der Waals surface area contributed by atoms with Gasteiger partial charge in [0.1, 0.15) is 13.6 Å². The molecule has 1 aliphatic rings. The Morgan fingerprint density at radius 2 is 1.16 bits per heavy atom. The van der Waals surface area contributed by atoms with E-state index in [9.17, 15) is 0 Å². The molecule has 0 unspecified atom stereocenters. The van der Waals surface area contributed by atoms with E-state index in [-0.39, 0.29) is 0 Å². The highest BCUT2D eigenvalue weighted by Gasteiger charge is 2.28. The molecule has 3 aromatic carbocycles. The van der Waals surface area contributed by atoms with Gasteiger partial charge in [-0.1, -0.05) is 42.5 Å². The Hall–Kier alpha value is -4.44. The molecule has 0 radical (unpaired) electrons. The first-order valence-corrected chi connectivity index (χ1v) is 13.0. The number of nitrogens with zero attached hydrogens (tertiary/aromatic N) is 4. The normalized spacial score (nSPS) is 12.2. The van der Waals surface area contributed by atoms with Gasteiger partial charge in [-0.05, 0) is 48.9 Å². The van der Waals surface area contributed by atoms with Gasteiger partial charge in [-0.25, -0.2) is 9.13 Å². The summed E-state index contributed by atoms with van der Waals surface area (Å²) in [5, 5.41) is 0. The molecule has 0 spiro atoms. The van der Waals surface area contributed by atoms with Gasteiger partial charge in [-0.15, -0.1) is 0 Å². The topological polar surface area (TPSA) is 14.2 Å². The van der Waals surface area contributed by atoms with Crippen LogP contribution in [-0.2, 0) is 13.6 Å². The summed E-state index contributed by atoms with van der Waals surface area (Å²) in [5.74, 6) is 0. The summed E-state index contributed by atoms with van der Waals surface area (Å²) in [6, 6.07) is 38.9. The number of rotatable bonds is 7. The lowest BCUT2D eigenvalue weighted by atomic mass is 10.1. The molecule has 1 aliphatic heterocycles. The zero-order valence-corrected chi connectivity index (χ0v) is 21.2. The maximum Gasteiger partial charge on any atom is 0.212 e. The van der Waals surface area contributed by atoms with E-state index in [0.29, 0.717) is 0 Å². The smallest absolute Gasteiger partial charge is 0.212 e. The van der Waals surface area contributed by atoms with Gasteiger partial charge in [-0.3, -0.25) is 0 Å². The molecule has 2 aromatic heterocycles. The Bertz CT molecular complexity index is 1450. The number of hydrogen-bond donors (Lipinski definition) is 0. The van der Waals surface area contributed by atoms with Crippen LogP contribution in [0.3, 0.4) is 0 Å². The Balaban J connectivity index is 1.18. The molecule has 0 bridgehead atoms. The summed E-state index contributed by atoms with van der Waals surface area (Å²) in [6.45, 7) is 1.99. The van der Waals surface area contributed by atoms with E-state index < -0.39 is 0 Å². The second-order valence-electron chi connectivity index (χ2n) is 9.53. The number of anilines is 5. The molecule has 5 aromatic rings. The van der Waals surface area contributed by atoms with Crippen LogP contribution in [0.15, 0.2) is 128 Å². The molecule has 0 aliphatic carbocycles. The predicted molar refractivity (Wildman–Crippen MR) is 151 cm³/mol. The molecule has 0 saturated carbocycles. The second-order valence-corrected chi connectivity index (χ2v) is 9.53. The number of pyridine rings is 2. The highest BCUT2D eigenvalue weighted by Crippen LogP contribution is 2.50. The van der Waals surface area contributed by atoms with Gasteiger partial charge in [0.25, 0.3) is 0 Å². The Morgan fingerprint density at radius 1 is 0.568 bits per heavy atom. The number of aromatic nitrogens is 2.